The first-order chi connectivity index (χ1) is 14.5. The third-order valence-corrected chi connectivity index (χ3v) is 7.78. The van der Waals surface area contributed by atoms with Crippen molar-refractivity contribution in [2.24, 2.45) is 5.92 Å². The highest BCUT2D eigenvalue weighted by Gasteiger charge is 2.33. The van der Waals surface area contributed by atoms with E-state index in [1.807, 2.05) is 12.1 Å². The van der Waals surface area contributed by atoms with E-state index in [1.165, 1.54) is 16.4 Å². The first-order valence-corrected chi connectivity index (χ1v) is 12.0. The molecule has 1 amide bonds. The van der Waals surface area contributed by atoms with E-state index >= 15 is 0 Å². The molecule has 5 nitrogen and oxygen atoms in total. The van der Waals surface area contributed by atoms with Gasteiger partial charge in [0.1, 0.15) is 5.82 Å². The Morgan fingerprint density at radius 2 is 1.58 bits per heavy atom. The van der Waals surface area contributed by atoms with Crippen molar-refractivity contribution in [1.29, 1.82) is 0 Å². The van der Waals surface area contributed by atoms with E-state index in [-0.39, 0.29) is 23.1 Å². The zero-order valence-corrected chi connectivity index (χ0v) is 19.5. The number of halogens is 1. The van der Waals surface area contributed by atoms with Crippen molar-refractivity contribution in [2.75, 3.05) is 20.1 Å². The summed E-state index contributed by atoms with van der Waals surface area (Å²) >= 11 is 0. The fourth-order valence-electron chi connectivity index (χ4n) is 3.87. The zero-order valence-electron chi connectivity index (χ0n) is 18.6. The van der Waals surface area contributed by atoms with E-state index in [1.54, 1.807) is 36.2 Å². The largest absolute Gasteiger partial charge is 0.341 e. The summed E-state index contributed by atoms with van der Waals surface area (Å²) in [6.07, 6.45) is 0.984. The molecule has 1 fully saturated rings. The summed E-state index contributed by atoms with van der Waals surface area (Å²) < 4.78 is 40.6. The number of carbonyl (C=O) groups is 1. The van der Waals surface area contributed by atoms with Crippen molar-refractivity contribution in [3.63, 3.8) is 0 Å². The van der Waals surface area contributed by atoms with E-state index in [0.717, 1.165) is 11.1 Å². The molecule has 2 aromatic rings. The summed E-state index contributed by atoms with van der Waals surface area (Å²) in [6.45, 7) is 7.31. The SMILES string of the molecule is CN(Cc1ccc(F)cc1)C(=O)C1CCN(S(=O)(=O)c2ccc(C(C)(C)C)cc2)CC1. The van der Waals surface area contributed by atoms with E-state index < -0.39 is 10.0 Å². The summed E-state index contributed by atoms with van der Waals surface area (Å²) in [5.74, 6) is -0.518. The molecule has 168 valence electrons. The Hall–Kier alpha value is -2.25. The fourth-order valence-corrected chi connectivity index (χ4v) is 5.34. The number of amides is 1. The lowest BCUT2D eigenvalue weighted by molar-refractivity contribution is -0.135. The Kier molecular flexibility index (Phi) is 6.86. The van der Waals surface area contributed by atoms with Gasteiger partial charge in [0.25, 0.3) is 0 Å². The van der Waals surface area contributed by atoms with Crippen LogP contribution in [0.2, 0.25) is 0 Å². The number of benzene rings is 2. The average molecular weight is 447 g/mol. The maximum atomic E-state index is 13.1. The van der Waals surface area contributed by atoms with Crippen molar-refractivity contribution in [1.82, 2.24) is 9.21 Å². The Morgan fingerprint density at radius 1 is 1.03 bits per heavy atom. The molecule has 7 heteroatoms. The molecule has 1 aliphatic rings. The molecule has 0 bridgehead atoms. The molecule has 0 N–H and O–H groups in total. The summed E-state index contributed by atoms with van der Waals surface area (Å²) in [4.78, 5) is 14.7. The second kappa shape index (κ2) is 9.09. The molecule has 0 saturated carbocycles. The van der Waals surface area contributed by atoms with Gasteiger partial charge >= 0.3 is 0 Å². The summed E-state index contributed by atoms with van der Waals surface area (Å²) in [7, 11) is -1.85. The molecule has 0 spiro atoms. The Morgan fingerprint density at radius 3 is 2.10 bits per heavy atom. The van der Waals surface area contributed by atoms with E-state index in [0.29, 0.717) is 37.4 Å². The number of hydrogen-bond acceptors (Lipinski definition) is 3. The molecule has 1 heterocycles. The van der Waals surface area contributed by atoms with E-state index in [4.69, 9.17) is 0 Å². The molecule has 0 unspecified atom stereocenters. The van der Waals surface area contributed by atoms with Crippen LogP contribution in [-0.2, 0) is 26.8 Å². The topological polar surface area (TPSA) is 57.7 Å². The lowest BCUT2D eigenvalue weighted by Gasteiger charge is -2.32. The summed E-state index contributed by atoms with van der Waals surface area (Å²) in [5, 5.41) is 0. The van der Waals surface area contributed by atoms with Crippen LogP contribution in [0.25, 0.3) is 0 Å². The summed E-state index contributed by atoms with van der Waals surface area (Å²) in [5.41, 5.74) is 1.90. The minimum atomic E-state index is -3.57. The van der Waals surface area contributed by atoms with Crippen LogP contribution < -0.4 is 0 Å². The number of sulfonamides is 1. The van der Waals surface area contributed by atoms with Crippen LogP contribution in [0, 0.1) is 11.7 Å². The smallest absolute Gasteiger partial charge is 0.243 e. The Labute approximate surface area is 184 Å². The van der Waals surface area contributed by atoms with Crippen molar-refractivity contribution < 1.29 is 17.6 Å². The van der Waals surface area contributed by atoms with Gasteiger partial charge in [-0.2, -0.15) is 4.31 Å². The van der Waals surface area contributed by atoms with Crippen LogP contribution >= 0.6 is 0 Å². The van der Waals surface area contributed by atoms with Gasteiger partial charge in [-0.1, -0.05) is 45.0 Å². The predicted molar refractivity (Wildman–Crippen MR) is 119 cm³/mol. The van der Waals surface area contributed by atoms with Crippen molar-refractivity contribution in [3.05, 3.63) is 65.5 Å². The highest BCUT2D eigenvalue weighted by atomic mass is 32.2. The van der Waals surface area contributed by atoms with Crippen molar-refractivity contribution >= 4 is 15.9 Å². The second-order valence-electron chi connectivity index (χ2n) is 9.27. The third kappa shape index (κ3) is 5.52. The molecule has 0 atom stereocenters. The molecular weight excluding hydrogens is 415 g/mol. The molecule has 0 aliphatic carbocycles. The monoisotopic (exact) mass is 446 g/mol. The summed E-state index contributed by atoms with van der Waals surface area (Å²) in [6, 6.07) is 13.2. The van der Waals surface area contributed by atoms with Gasteiger partial charge in [0.05, 0.1) is 4.90 Å². The van der Waals surface area contributed by atoms with Crippen LogP contribution in [0.5, 0.6) is 0 Å². The maximum Gasteiger partial charge on any atom is 0.243 e. The number of nitrogens with zero attached hydrogens (tertiary/aromatic N) is 2. The predicted octanol–water partition coefficient (Wildman–Crippen LogP) is 4.18. The molecule has 2 aromatic carbocycles. The van der Waals surface area contributed by atoms with Gasteiger partial charge in [-0.15, -0.1) is 0 Å². The molecule has 0 radical (unpaired) electrons. The normalized spacial score (nSPS) is 16.3. The highest BCUT2D eigenvalue weighted by Crippen LogP contribution is 2.28. The Bertz CT molecular complexity index is 1000. The minimum Gasteiger partial charge on any atom is -0.341 e. The van der Waals surface area contributed by atoms with E-state index in [9.17, 15) is 17.6 Å². The highest BCUT2D eigenvalue weighted by molar-refractivity contribution is 7.89. The fraction of sp³-hybridized carbons (Fsp3) is 0.458. The number of piperidine rings is 1. The molecule has 1 saturated heterocycles. The van der Waals surface area contributed by atoms with Gasteiger partial charge in [-0.05, 0) is 53.6 Å². The van der Waals surface area contributed by atoms with Crippen LogP contribution in [0.4, 0.5) is 4.39 Å². The lowest BCUT2D eigenvalue weighted by Crippen LogP contribution is -2.43. The van der Waals surface area contributed by atoms with E-state index in [2.05, 4.69) is 20.8 Å². The van der Waals surface area contributed by atoms with Crippen LogP contribution in [0.15, 0.2) is 53.4 Å². The van der Waals surface area contributed by atoms with Gasteiger partial charge in [0.2, 0.25) is 15.9 Å². The van der Waals surface area contributed by atoms with Gasteiger partial charge in [-0.3, -0.25) is 4.79 Å². The minimum absolute atomic E-state index is 0.00379. The van der Waals surface area contributed by atoms with Gasteiger partial charge in [0, 0.05) is 32.6 Å². The molecule has 1 aliphatic heterocycles. The van der Waals surface area contributed by atoms with Gasteiger partial charge < -0.3 is 4.90 Å². The number of hydrogen-bond donors (Lipinski definition) is 0. The first kappa shape index (κ1) is 23.4. The first-order valence-electron chi connectivity index (χ1n) is 10.6. The van der Waals surface area contributed by atoms with Crippen LogP contribution in [-0.4, -0.2) is 43.7 Å². The van der Waals surface area contributed by atoms with Gasteiger partial charge in [0.15, 0.2) is 0 Å². The van der Waals surface area contributed by atoms with Gasteiger partial charge in [-0.25, -0.2) is 12.8 Å². The van der Waals surface area contributed by atoms with Crippen molar-refractivity contribution in [2.45, 2.75) is 50.5 Å². The third-order valence-electron chi connectivity index (χ3n) is 5.87. The molecule has 0 aromatic heterocycles. The molecular formula is C24H31FN2O3S. The van der Waals surface area contributed by atoms with Crippen LogP contribution in [0.3, 0.4) is 0 Å². The van der Waals surface area contributed by atoms with Crippen molar-refractivity contribution in [3.8, 4) is 0 Å². The lowest BCUT2D eigenvalue weighted by atomic mass is 9.87. The molecule has 3 rings (SSSR count). The standard InChI is InChI=1S/C24H31FN2O3S/c1-24(2,3)20-7-11-22(12-8-20)31(29,30)27-15-13-19(14-16-27)23(28)26(4)17-18-5-9-21(25)10-6-18/h5-12,19H,13-17H2,1-4H3. The maximum absolute atomic E-state index is 13.1. The Balaban J connectivity index is 1.60. The number of carbonyl (C=O) groups excluding carboxylic acids is 1. The zero-order chi connectivity index (χ0) is 22.8. The average Bonchev–Trinajstić information content (AvgIpc) is 2.74. The molecule has 31 heavy (non-hydrogen) atoms. The second-order valence-corrected chi connectivity index (χ2v) is 11.2. The number of rotatable bonds is 5. The van der Waals surface area contributed by atoms with Crippen LogP contribution in [0.1, 0.15) is 44.7 Å². The quantitative estimate of drug-likeness (QED) is 0.692.